The summed E-state index contributed by atoms with van der Waals surface area (Å²) >= 11 is 5.78. The molecule has 0 bridgehead atoms. The highest BCUT2D eigenvalue weighted by Gasteiger charge is 2.17. The molecule has 6 nitrogen and oxygen atoms in total. The lowest BCUT2D eigenvalue weighted by molar-refractivity contribution is 0.415. The molecule has 2 aromatic rings. The van der Waals surface area contributed by atoms with E-state index in [0.717, 1.165) is 11.8 Å². The molecular formula is C11H12ClN3O3S. The Hall–Kier alpha value is -1.44. The van der Waals surface area contributed by atoms with Gasteiger partial charge in [0.2, 0.25) is 10.0 Å². The summed E-state index contributed by atoms with van der Waals surface area (Å²) in [5.74, 6) is 0.587. The van der Waals surface area contributed by atoms with Crippen molar-refractivity contribution in [1.29, 1.82) is 0 Å². The van der Waals surface area contributed by atoms with E-state index in [0.29, 0.717) is 10.9 Å². The normalized spacial score (nSPS) is 13.4. The van der Waals surface area contributed by atoms with Crippen molar-refractivity contribution in [2.75, 3.05) is 6.26 Å². The lowest BCUT2D eigenvalue weighted by atomic mass is 10.2. The molecule has 1 heterocycles. The van der Waals surface area contributed by atoms with E-state index in [4.69, 9.17) is 16.1 Å². The van der Waals surface area contributed by atoms with Crippen LogP contribution in [0.25, 0.3) is 11.5 Å². The molecule has 0 aliphatic heterocycles. The Morgan fingerprint density at radius 2 is 1.95 bits per heavy atom. The SMILES string of the molecule is CC(NS(C)(=O)=O)c1noc(-c2ccc(Cl)cc2)n1. The zero-order valence-electron chi connectivity index (χ0n) is 10.3. The van der Waals surface area contributed by atoms with Crippen LogP contribution < -0.4 is 4.72 Å². The van der Waals surface area contributed by atoms with Gasteiger partial charge in [0.05, 0.1) is 12.3 Å². The first-order valence-corrected chi connectivity index (χ1v) is 7.69. The van der Waals surface area contributed by atoms with Crippen molar-refractivity contribution < 1.29 is 12.9 Å². The van der Waals surface area contributed by atoms with E-state index in [1.165, 1.54) is 0 Å². The summed E-state index contributed by atoms with van der Waals surface area (Å²) in [5.41, 5.74) is 0.717. The highest BCUT2D eigenvalue weighted by Crippen LogP contribution is 2.21. The van der Waals surface area contributed by atoms with Gasteiger partial charge < -0.3 is 4.52 Å². The van der Waals surface area contributed by atoms with Crippen LogP contribution >= 0.6 is 11.6 Å². The molecule has 0 saturated carbocycles. The number of sulfonamides is 1. The number of nitrogens with one attached hydrogen (secondary N) is 1. The topological polar surface area (TPSA) is 85.1 Å². The Balaban J connectivity index is 2.21. The van der Waals surface area contributed by atoms with Crippen molar-refractivity contribution in [2.45, 2.75) is 13.0 Å². The minimum atomic E-state index is -3.32. The summed E-state index contributed by atoms with van der Waals surface area (Å²) in [6, 6.07) is 6.35. The molecule has 0 aliphatic rings. The largest absolute Gasteiger partial charge is 0.334 e. The van der Waals surface area contributed by atoms with Crippen LogP contribution in [0.2, 0.25) is 5.02 Å². The minimum Gasteiger partial charge on any atom is -0.334 e. The molecule has 1 N–H and O–H groups in total. The average molecular weight is 302 g/mol. The molecule has 0 spiro atoms. The molecular weight excluding hydrogens is 290 g/mol. The Bertz CT molecular complexity index is 667. The van der Waals surface area contributed by atoms with E-state index >= 15 is 0 Å². The first-order chi connectivity index (χ1) is 8.85. The van der Waals surface area contributed by atoms with Crippen LogP contribution in [-0.2, 0) is 10.0 Å². The standard InChI is InChI=1S/C11H12ClN3O3S/c1-7(15-19(2,16)17)10-13-11(18-14-10)8-3-5-9(12)6-4-8/h3-7,15H,1-2H3. The second kappa shape index (κ2) is 5.28. The Labute approximate surface area is 115 Å². The van der Waals surface area contributed by atoms with Gasteiger partial charge >= 0.3 is 0 Å². The van der Waals surface area contributed by atoms with Crippen LogP contribution in [0.3, 0.4) is 0 Å². The summed E-state index contributed by atoms with van der Waals surface area (Å²) in [4.78, 5) is 4.15. The van der Waals surface area contributed by atoms with Gasteiger partial charge in [-0.3, -0.25) is 0 Å². The van der Waals surface area contributed by atoms with Crippen molar-refractivity contribution in [2.24, 2.45) is 0 Å². The maximum Gasteiger partial charge on any atom is 0.257 e. The number of rotatable bonds is 4. The van der Waals surface area contributed by atoms with Crippen molar-refractivity contribution in [3.8, 4) is 11.5 Å². The van der Waals surface area contributed by atoms with Crippen LogP contribution in [0.4, 0.5) is 0 Å². The maximum absolute atomic E-state index is 11.1. The minimum absolute atomic E-state index is 0.273. The Kier molecular flexibility index (Phi) is 3.88. The van der Waals surface area contributed by atoms with Crippen molar-refractivity contribution in [3.05, 3.63) is 35.1 Å². The number of hydrogen-bond donors (Lipinski definition) is 1. The predicted octanol–water partition coefficient (Wildman–Crippen LogP) is 2.00. The van der Waals surface area contributed by atoms with Crippen LogP contribution in [0.5, 0.6) is 0 Å². The first kappa shape index (κ1) is 14.0. The Morgan fingerprint density at radius 1 is 1.32 bits per heavy atom. The average Bonchev–Trinajstić information content (AvgIpc) is 2.77. The fourth-order valence-corrected chi connectivity index (χ4v) is 2.37. The van der Waals surface area contributed by atoms with Gasteiger partial charge in [-0.25, -0.2) is 13.1 Å². The zero-order valence-corrected chi connectivity index (χ0v) is 11.9. The summed E-state index contributed by atoms with van der Waals surface area (Å²) < 4.78 is 29.7. The maximum atomic E-state index is 11.1. The van der Waals surface area contributed by atoms with Crippen LogP contribution in [0, 0.1) is 0 Å². The van der Waals surface area contributed by atoms with E-state index in [1.54, 1.807) is 31.2 Å². The van der Waals surface area contributed by atoms with E-state index in [2.05, 4.69) is 14.9 Å². The van der Waals surface area contributed by atoms with Gasteiger partial charge in [-0.2, -0.15) is 4.98 Å². The molecule has 1 unspecified atom stereocenters. The Morgan fingerprint density at radius 3 is 2.53 bits per heavy atom. The highest BCUT2D eigenvalue weighted by atomic mass is 35.5. The van der Waals surface area contributed by atoms with Gasteiger partial charge in [0, 0.05) is 10.6 Å². The second-order valence-electron chi connectivity index (χ2n) is 4.08. The first-order valence-electron chi connectivity index (χ1n) is 5.42. The summed E-state index contributed by atoms with van der Waals surface area (Å²) in [6.45, 7) is 1.64. The molecule has 102 valence electrons. The van der Waals surface area contributed by atoms with Crippen molar-refractivity contribution >= 4 is 21.6 Å². The number of benzene rings is 1. The summed E-state index contributed by atoms with van der Waals surface area (Å²) in [7, 11) is -3.32. The number of nitrogens with zero attached hydrogens (tertiary/aromatic N) is 2. The zero-order chi connectivity index (χ0) is 14.0. The number of halogens is 1. The molecule has 19 heavy (non-hydrogen) atoms. The third-order valence-corrected chi connectivity index (χ3v) is 3.34. The van der Waals surface area contributed by atoms with Gasteiger partial charge in [0.1, 0.15) is 0 Å². The van der Waals surface area contributed by atoms with Crippen LogP contribution in [0.1, 0.15) is 18.8 Å². The molecule has 0 aliphatic carbocycles. The van der Waals surface area contributed by atoms with E-state index < -0.39 is 16.1 Å². The molecule has 1 aromatic heterocycles. The van der Waals surface area contributed by atoms with Crippen molar-refractivity contribution in [1.82, 2.24) is 14.9 Å². The van der Waals surface area contributed by atoms with E-state index in [-0.39, 0.29) is 5.82 Å². The molecule has 0 radical (unpaired) electrons. The molecule has 0 amide bonds. The van der Waals surface area contributed by atoms with Gasteiger partial charge in [0.15, 0.2) is 5.82 Å². The summed E-state index contributed by atoms with van der Waals surface area (Å²) in [5, 5.41) is 4.36. The van der Waals surface area contributed by atoms with E-state index in [9.17, 15) is 8.42 Å². The fraction of sp³-hybridized carbons (Fsp3) is 0.273. The molecule has 2 rings (SSSR count). The van der Waals surface area contributed by atoms with Gasteiger partial charge in [0.25, 0.3) is 5.89 Å². The smallest absolute Gasteiger partial charge is 0.257 e. The van der Waals surface area contributed by atoms with Crippen LogP contribution in [0.15, 0.2) is 28.8 Å². The molecule has 8 heteroatoms. The molecule has 0 saturated heterocycles. The van der Waals surface area contributed by atoms with E-state index in [1.807, 2.05) is 0 Å². The molecule has 0 fully saturated rings. The third kappa shape index (κ3) is 3.76. The monoisotopic (exact) mass is 301 g/mol. The molecule has 1 atom stereocenters. The molecule has 1 aromatic carbocycles. The quantitative estimate of drug-likeness (QED) is 0.933. The third-order valence-electron chi connectivity index (χ3n) is 2.31. The number of aromatic nitrogens is 2. The lowest BCUT2D eigenvalue weighted by Gasteiger charge is -2.06. The van der Waals surface area contributed by atoms with Gasteiger partial charge in [-0.05, 0) is 31.2 Å². The fourth-order valence-electron chi connectivity index (χ4n) is 1.49. The van der Waals surface area contributed by atoms with Crippen molar-refractivity contribution in [3.63, 3.8) is 0 Å². The second-order valence-corrected chi connectivity index (χ2v) is 6.29. The van der Waals surface area contributed by atoms with Gasteiger partial charge in [-0.15, -0.1) is 0 Å². The highest BCUT2D eigenvalue weighted by molar-refractivity contribution is 7.88. The van der Waals surface area contributed by atoms with Gasteiger partial charge in [-0.1, -0.05) is 16.8 Å². The number of hydrogen-bond acceptors (Lipinski definition) is 5. The lowest BCUT2D eigenvalue weighted by Crippen LogP contribution is -2.26. The predicted molar refractivity (Wildman–Crippen MR) is 71.1 cm³/mol. The summed E-state index contributed by atoms with van der Waals surface area (Å²) in [6.07, 6.45) is 1.07. The van der Waals surface area contributed by atoms with Crippen LogP contribution in [-0.4, -0.2) is 24.8 Å².